The second-order valence-electron chi connectivity index (χ2n) is 6.35. The van der Waals surface area contributed by atoms with Gasteiger partial charge in [-0.25, -0.2) is 8.42 Å². The van der Waals surface area contributed by atoms with Crippen molar-refractivity contribution in [2.75, 3.05) is 11.4 Å². The van der Waals surface area contributed by atoms with Crippen LogP contribution in [0.5, 0.6) is 0 Å². The minimum atomic E-state index is -4.07. The molecule has 1 unspecified atom stereocenters. The number of Topliss-reactive ketones (excluding diaryl/α,β-unsaturated/α-hetero) is 1. The minimum Gasteiger partial charge on any atom is -0.311 e. The number of nitrogens with one attached hydrogen (secondary N) is 2. The van der Waals surface area contributed by atoms with E-state index in [2.05, 4.69) is 15.9 Å². The van der Waals surface area contributed by atoms with Crippen molar-refractivity contribution in [1.29, 1.82) is 0 Å². The van der Waals surface area contributed by atoms with Gasteiger partial charge in [-0.15, -0.1) is 4.83 Å². The van der Waals surface area contributed by atoms with Gasteiger partial charge in [0.2, 0.25) is 5.91 Å². The summed E-state index contributed by atoms with van der Waals surface area (Å²) in [5, 5.41) is 0. The van der Waals surface area contributed by atoms with Gasteiger partial charge in [0.1, 0.15) is 0 Å². The molecule has 2 N–H and O–H groups in total. The summed E-state index contributed by atoms with van der Waals surface area (Å²) in [6, 6.07) is 12.3. The molecule has 0 saturated heterocycles. The molecule has 0 aliphatic carbocycles. The number of halogens is 1. The number of hydrogen-bond acceptors (Lipinski definition) is 5. The van der Waals surface area contributed by atoms with Crippen molar-refractivity contribution in [2.45, 2.75) is 18.2 Å². The van der Waals surface area contributed by atoms with Crippen molar-refractivity contribution < 1.29 is 22.8 Å². The van der Waals surface area contributed by atoms with Gasteiger partial charge in [-0.05, 0) is 42.8 Å². The lowest BCUT2D eigenvalue weighted by Gasteiger charge is -2.32. The number of carbonyl (C=O) groups excluding carboxylic acids is 3. The molecule has 152 valence electrons. The van der Waals surface area contributed by atoms with E-state index < -0.39 is 33.5 Å². The molecular weight excluding hydrogens is 462 g/mol. The zero-order valence-corrected chi connectivity index (χ0v) is 17.8. The Kier molecular flexibility index (Phi) is 6.15. The third-order valence-electron chi connectivity index (χ3n) is 4.38. The number of sulfonamides is 1. The molecule has 0 radical (unpaired) electrons. The highest BCUT2D eigenvalue weighted by Gasteiger charge is 2.43. The third kappa shape index (κ3) is 4.24. The Morgan fingerprint density at radius 1 is 1.10 bits per heavy atom. The Morgan fingerprint density at radius 2 is 1.76 bits per heavy atom. The number of anilines is 1. The maximum Gasteiger partial charge on any atom is 0.257 e. The number of nitrogens with zero attached hydrogens (tertiary/aromatic N) is 1. The fourth-order valence-corrected chi connectivity index (χ4v) is 4.12. The normalized spacial score (nSPS) is 16.5. The van der Waals surface area contributed by atoms with E-state index in [0.717, 1.165) is 0 Å². The molecule has 0 aromatic heterocycles. The number of fused-ring (bicyclic) bond motifs is 1. The van der Waals surface area contributed by atoms with Crippen LogP contribution in [-0.4, -0.2) is 32.6 Å². The number of benzene rings is 2. The van der Waals surface area contributed by atoms with Crippen LogP contribution in [0.4, 0.5) is 5.69 Å². The molecule has 2 aromatic rings. The highest BCUT2D eigenvalue weighted by atomic mass is 79.9. The highest BCUT2D eigenvalue weighted by molar-refractivity contribution is 9.10. The van der Waals surface area contributed by atoms with Crippen LogP contribution >= 0.6 is 15.9 Å². The van der Waals surface area contributed by atoms with E-state index >= 15 is 0 Å². The standard InChI is InChI=1S/C19H18BrN3O5S/c1-2-11-23-15-6-4-3-5-14(15)17(24)16(19(23)26)18(25)21-22-29(27,28)13-9-7-12(20)8-10-13/h3-10,16,22H,2,11H2,1H3,(H,21,25). The molecule has 0 spiro atoms. The quantitative estimate of drug-likeness (QED) is 0.485. The first-order valence-electron chi connectivity index (χ1n) is 8.78. The molecule has 0 fully saturated rings. The Labute approximate surface area is 176 Å². The fraction of sp³-hybridized carbons (Fsp3) is 0.211. The Balaban J connectivity index is 1.82. The summed E-state index contributed by atoms with van der Waals surface area (Å²) in [4.78, 5) is 41.4. The van der Waals surface area contributed by atoms with Crippen LogP contribution < -0.4 is 15.2 Å². The number of rotatable bonds is 6. The average molecular weight is 480 g/mol. The summed E-state index contributed by atoms with van der Waals surface area (Å²) in [6.07, 6.45) is 0.624. The lowest BCUT2D eigenvalue weighted by Crippen LogP contribution is -2.54. The Morgan fingerprint density at radius 3 is 2.41 bits per heavy atom. The van der Waals surface area contributed by atoms with Crippen molar-refractivity contribution >= 4 is 49.2 Å². The van der Waals surface area contributed by atoms with Gasteiger partial charge in [0.15, 0.2) is 11.7 Å². The third-order valence-corrected chi connectivity index (χ3v) is 6.17. The Bertz CT molecular complexity index is 1070. The lowest BCUT2D eigenvalue weighted by atomic mass is 9.89. The molecule has 2 aromatic carbocycles. The number of para-hydroxylation sites is 1. The van der Waals surface area contributed by atoms with Crippen LogP contribution in [0.3, 0.4) is 0 Å². The number of amides is 2. The smallest absolute Gasteiger partial charge is 0.257 e. The fourth-order valence-electron chi connectivity index (χ4n) is 3.01. The van der Waals surface area contributed by atoms with Crippen LogP contribution in [0.1, 0.15) is 23.7 Å². The molecular formula is C19H18BrN3O5S. The van der Waals surface area contributed by atoms with Gasteiger partial charge in [-0.3, -0.25) is 19.8 Å². The average Bonchev–Trinajstić information content (AvgIpc) is 2.70. The number of ketones is 1. The molecule has 1 aliphatic heterocycles. The molecule has 2 amide bonds. The van der Waals surface area contributed by atoms with E-state index in [0.29, 0.717) is 23.1 Å². The van der Waals surface area contributed by atoms with Gasteiger partial charge in [0, 0.05) is 16.6 Å². The predicted molar refractivity (Wildman–Crippen MR) is 110 cm³/mol. The molecule has 3 rings (SSSR count). The lowest BCUT2D eigenvalue weighted by molar-refractivity contribution is -0.132. The first-order chi connectivity index (χ1) is 13.8. The topological polar surface area (TPSA) is 113 Å². The maximum absolute atomic E-state index is 12.8. The zero-order chi connectivity index (χ0) is 21.2. The highest BCUT2D eigenvalue weighted by Crippen LogP contribution is 2.30. The number of hydrogen-bond donors (Lipinski definition) is 2. The van der Waals surface area contributed by atoms with Crippen molar-refractivity contribution in [2.24, 2.45) is 5.92 Å². The summed E-state index contributed by atoms with van der Waals surface area (Å²) >= 11 is 3.21. The second-order valence-corrected chi connectivity index (χ2v) is 8.95. The van der Waals surface area contributed by atoms with E-state index in [9.17, 15) is 22.8 Å². The van der Waals surface area contributed by atoms with Gasteiger partial charge in [0.05, 0.1) is 10.6 Å². The first-order valence-corrected chi connectivity index (χ1v) is 11.1. The Hall–Kier alpha value is -2.56. The van der Waals surface area contributed by atoms with E-state index in [1.54, 1.807) is 24.3 Å². The SMILES string of the molecule is CCCN1C(=O)C(C(=O)NNS(=O)(=O)c2ccc(Br)cc2)C(=O)c2ccccc21. The van der Waals surface area contributed by atoms with E-state index in [1.165, 1.54) is 29.2 Å². The monoisotopic (exact) mass is 479 g/mol. The van der Waals surface area contributed by atoms with Crippen LogP contribution in [0.2, 0.25) is 0 Å². The van der Waals surface area contributed by atoms with Crippen LogP contribution in [-0.2, 0) is 19.6 Å². The molecule has 8 nitrogen and oxygen atoms in total. The van der Waals surface area contributed by atoms with Gasteiger partial charge in [0.25, 0.3) is 15.9 Å². The number of carbonyl (C=O) groups is 3. The van der Waals surface area contributed by atoms with Gasteiger partial charge < -0.3 is 4.90 Å². The van der Waals surface area contributed by atoms with Crippen LogP contribution in [0, 0.1) is 5.92 Å². The molecule has 1 heterocycles. The zero-order valence-electron chi connectivity index (χ0n) is 15.4. The van der Waals surface area contributed by atoms with Gasteiger partial charge >= 0.3 is 0 Å². The van der Waals surface area contributed by atoms with Crippen molar-refractivity contribution in [3.05, 3.63) is 58.6 Å². The predicted octanol–water partition coefficient (Wildman–Crippen LogP) is 2.01. The number of hydrazine groups is 1. The summed E-state index contributed by atoms with van der Waals surface area (Å²) in [5.74, 6) is -4.05. The summed E-state index contributed by atoms with van der Waals surface area (Å²) in [5.41, 5.74) is 2.70. The molecule has 10 heteroatoms. The van der Waals surface area contributed by atoms with E-state index in [-0.39, 0.29) is 10.5 Å². The summed E-state index contributed by atoms with van der Waals surface area (Å²) in [6.45, 7) is 2.20. The van der Waals surface area contributed by atoms with Gasteiger partial charge in [-0.1, -0.05) is 35.0 Å². The van der Waals surface area contributed by atoms with Crippen LogP contribution in [0.25, 0.3) is 0 Å². The van der Waals surface area contributed by atoms with Crippen molar-refractivity contribution in [3.8, 4) is 0 Å². The van der Waals surface area contributed by atoms with Crippen molar-refractivity contribution in [1.82, 2.24) is 10.3 Å². The first kappa shape index (κ1) is 21.2. The molecule has 0 saturated carbocycles. The second kappa shape index (κ2) is 8.44. The van der Waals surface area contributed by atoms with Gasteiger partial charge in [-0.2, -0.15) is 0 Å². The molecule has 0 bridgehead atoms. The summed E-state index contributed by atoms with van der Waals surface area (Å²) < 4.78 is 25.4. The van der Waals surface area contributed by atoms with Crippen molar-refractivity contribution in [3.63, 3.8) is 0 Å². The molecule has 1 aliphatic rings. The maximum atomic E-state index is 12.8. The van der Waals surface area contributed by atoms with E-state index in [1.807, 2.05) is 17.2 Å². The van der Waals surface area contributed by atoms with E-state index in [4.69, 9.17) is 0 Å². The van der Waals surface area contributed by atoms with Crippen LogP contribution in [0.15, 0.2) is 57.9 Å². The molecule has 1 atom stereocenters. The summed E-state index contributed by atoms with van der Waals surface area (Å²) in [7, 11) is -4.07. The largest absolute Gasteiger partial charge is 0.311 e. The molecule has 29 heavy (non-hydrogen) atoms. The minimum absolute atomic E-state index is 0.0831.